The van der Waals surface area contributed by atoms with Gasteiger partial charge in [-0.1, -0.05) is 30.3 Å². The quantitative estimate of drug-likeness (QED) is 0.527. The minimum atomic E-state index is -0.349. The van der Waals surface area contributed by atoms with Gasteiger partial charge in [0.15, 0.2) is 5.65 Å². The van der Waals surface area contributed by atoms with Gasteiger partial charge < -0.3 is 0 Å². The molecule has 29 heavy (non-hydrogen) atoms. The van der Waals surface area contributed by atoms with Crippen molar-refractivity contribution in [2.75, 3.05) is 0 Å². The summed E-state index contributed by atoms with van der Waals surface area (Å²) in [7, 11) is 0. The average Bonchev–Trinajstić information content (AvgIpc) is 3.11. The summed E-state index contributed by atoms with van der Waals surface area (Å²) < 4.78 is 1.84. The van der Waals surface area contributed by atoms with E-state index in [4.69, 9.17) is 4.98 Å². The summed E-state index contributed by atoms with van der Waals surface area (Å²) in [6.07, 6.45) is 0.731. The van der Waals surface area contributed by atoms with Crippen LogP contribution in [0.2, 0.25) is 0 Å². The third kappa shape index (κ3) is 3.67. The van der Waals surface area contributed by atoms with Crippen LogP contribution in [-0.2, 0) is 11.2 Å². The molecule has 7 nitrogen and oxygen atoms in total. The Morgan fingerprint density at radius 3 is 2.48 bits per heavy atom. The Morgan fingerprint density at radius 2 is 1.69 bits per heavy atom. The first-order chi connectivity index (χ1) is 14.0. The molecule has 0 bridgehead atoms. The lowest BCUT2D eigenvalue weighted by atomic mass is 10.1. The van der Waals surface area contributed by atoms with Crippen LogP contribution in [0.25, 0.3) is 16.6 Å². The Kier molecular flexibility index (Phi) is 4.95. The maximum Gasteiger partial charge on any atom is 0.269 e. The van der Waals surface area contributed by atoms with Crippen molar-refractivity contribution < 1.29 is 9.59 Å². The summed E-state index contributed by atoms with van der Waals surface area (Å²) in [5.74, 6) is -0.614. The van der Waals surface area contributed by atoms with E-state index in [1.807, 2.05) is 48.7 Å². The molecule has 2 aromatic carbocycles. The van der Waals surface area contributed by atoms with Crippen LogP contribution in [0.4, 0.5) is 0 Å². The topological polar surface area (TPSA) is 88.4 Å². The molecule has 4 rings (SSSR count). The highest BCUT2D eigenvalue weighted by molar-refractivity contribution is 5.95. The lowest BCUT2D eigenvalue weighted by Crippen LogP contribution is -2.41. The molecule has 0 radical (unpaired) electrons. The highest BCUT2D eigenvalue weighted by Gasteiger charge is 2.15. The molecule has 0 saturated heterocycles. The van der Waals surface area contributed by atoms with Crippen molar-refractivity contribution >= 4 is 28.4 Å². The highest BCUT2D eigenvalue weighted by atomic mass is 16.2. The van der Waals surface area contributed by atoms with Gasteiger partial charge in [0.1, 0.15) is 0 Å². The number of nitrogens with zero attached hydrogens (tertiary/aromatic N) is 3. The molecule has 0 aliphatic carbocycles. The largest absolute Gasteiger partial charge is 0.273 e. The van der Waals surface area contributed by atoms with E-state index in [1.54, 1.807) is 24.3 Å². The van der Waals surface area contributed by atoms with E-state index in [0.717, 1.165) is 33.5 Å². The van der Waals surface area contributed by atoms with Crippen molar-refractivity contribution in [3.8, 4) is 0 Å². The summed E-state index contributed by atoms with van der Waals surface area (Å²) in [5, 5.41) is 5.64. The fraction of sp³-hybridized carbons (Fsp3) is 0.182. The van der Waals surface area contributed by atoms with Crippen LogP contribution < -0.4 is 10.9 Å². The first-order valence-corrected chi connectivity index (χ1v) is 9.42. The number of hydrogen-bond donors (Lipinski definition) is 2. The molecule has 0 atom stereocenters. The molecule has 7 heteroatoms. The van der Waals surface area contributed by atoms with Crippen molar-refractivity contribution in [2.24, 2.45) is 0 Å². The summed E-state index contributed by atoms with van der Waals surface area (Å²) in [6, 6.07) is 16.6. The van der Waals surface area contributed by atoms with Crippen LogP contribution in [-0.4, -0.2) is 26.4 Å². The molecule has 2 aromatic heterocycles. The molecule has 146 valence electrons. The first-order valence-electron chi connectivity index (χ1n) is 9.42. The smallest absolute Gasteiger partial charge is 0.269 e. The van der Waals surface area contributed by atoms with E-state index in [1.165, 1.54) is 0 Å². The molecular weight excluding hydrogens is 366 g/mol. The number of carbonyl (C=O) groups excluding carboxylic acids is 2. The minimum absolute atomic E-state index is 0.227. The van der Waals surface area contributed by atoms with E-state index in [0.29, 0.717) is 12.0 Å². The number of fused-ring (bicyclic) bond motifs is 3. The van der Waals surface area contributed by atoms with Crippen molar-refractivity contribution in [3.63, 3.8) is 0 Å². The Labute approximate surface area is 167 Å². The van der Waals surface area contributed by atoms with Gasteiger partial charge in [-0.15, -0.1) is 0 Å². The summed E-state index contributed by atoms with van der Waals surface area (Å²) in [4.78, 5) is 28.9. The second-order valence-electron chi connectivity index (χ2n) is 6.88. The first kappa shape index (κ1) is 18.6. The monoisotopic (exact) mass is 387 g/mol. The van der Waals surface area contributed by atoms with Crippen molar-refractivity contribution in [3.05, 3.63) is 77.1 Å². The van der Waals surface area contributed by atoms with Crippen molar-refractivity contribution in [1.29, 1.82) is 0 Å². The molecule has 2 amide bonds. The number of benzene rings is 2. The SMILES string of the molecule is Cc1nc2c3ccccc3nn2c(C)c1CCC(=O)NNC(=O)c1ccccc1. The zero-order valence-electron chi connectivity index (χ0n) is 16.3. The van der Waals surface area contributed by atoms with Gasteiger partial charge in [-0.25, -0.2) is 9.50 Å². The Balaban J connectivity index is 1.46. The molecule has 0 unspecified atom stereocenters. The molecule has 0 fully saturated rings. The minimum Gasteiger partial charge on any atom is -0.273 e. The van der Waals surface area contributed by atoms with E-state index in [-0.39, 0.29) is 18.2 Å². The Hall–Kier alpha value is -3.74. The lowest BCUT2D eigenvalue weighted by Gasteiger charge is -2.11. The predicted molar refractivity (Wildman–Crippen MR) is 110 cm³/mol. The van der Waals surface area contributed by atoms with E-state index >= 15 is 0 Å². The molecule has 0 spiro atoms. The van der Waals surface area contributed by atoms with Crippen molar-refractivity contribution in [2.45, 2.75) is 26.7 Å². The molecule has 4 aromatic rings. The van der Waals surface area contributed by atoms with Gasteiger partial charge >= 0.3 is 0 Å². The van der Waals surface area contributed by atoms with Crippen LogP contribution in [0.1, 0.15) is 33.7 Å². The van der Waals surface area contributed by atoms with Crippen LogP contribution in [0.5, 0.6) is 0 Å². The van der Waals surface area contributed by atoms with Gasteiger partial charge in [-0.2, -0.15) is 5.10 Å². The van der Waals surface area contributed by atoms with Gasteiger partial charge in [-0.05, 0) is 50.1 Å². The number of aromatic nitrogens is 3. The molecular formula is C22H21N5O2. The maximum absolute atomic E-state index is 12.2. The van der Waals surface area contributed by atoms with Crippen LogP contribution in [0, 0.1) is 13.8 Å². The number of hydrazine groups is 1. The number of carbonyl (C=O) groups is 2. The average molecular weight is 387 g/mol. The number of hydrogen-bond acceptors (Lipinski definition) is 4. The fourth-order valence-corrected chi connectivity index (χ4v) is 3.43. The normalized spacial score (nSPS) is 11.0. The van der Waals surface area contributed by atoms with E-state index < -0.39 is 0 Å². The third-order valence-corrected chi connectivity index (χ3v) is 4.97. The van der Waals surface area contributed by atoms with Gasteiger partial charge in [0.25, 0.3) is 5.91 Å². The number of rotatable bonds is 4. The zero-order valence-corrected chi connectivity index (χ0v) is 16.3. The van der Waals surface area contributed by atoms with E-state index in [2.05, 4.69) is 16.0 Å². The van der Waals surface area contributed by atoms with Crippen LogP contribution in [0.3, 0.4) is 0 Å². The van der Waals surface area contributed by atoms with Crippen LogP contribution in [0.15, 0.2) is 54.6 Å². The lowest BCUT2D eigenvalue weighted by molar-refractivity contribution is -0.121. The van der Waals surface area contributed by atoms with E-state index in [9.17, 15) is 9.59 Å². The molecule has 2 heterocycles. The third-order valence-electron chi connectivity index (χ3n) is 4.97. The second-order valence-corrected chi connectivity index (χ2v) is 6.88. The van der Waals surface area contributed by atoms with Gasteiger partial charge in [0.2, 0.25) is 5.91 Å². The number of amides is 2. The number of nitrogens with one attached hydrogen (secondary N) is 2. The van der Waals surface area contributed by atoms with Gasteiger partial charge in [0, 0.05) is 28.8 Å². The standard InChI is InChI=1S/C22H21N5O2/c1-14-17(12-13-20(28)24-25-22(29)16-8-4-3-5-9-16)15(2)27-21(23-14)18-10-6-7-11-19(18)26-27/h3-11H,12-13H2,1-2H3,(H,24,28)(H,25,29). The van der Waals surface area contributed by atoms with Crippen LogP contribution >= 0.6 is 0 Å². The number of aryl methyl sites for hydroxylation is 2. The fourth-order valence-electron chi connectivity index (χ4n) is 3.43. The van der Waals surface area contributed by atoms with Crippen molar-refractivity contribution in [1.82, 2.24) is 25.4 Å². The Bertz CT molecular complexity index is 1210. The summed E-state index contributed by atoms with van der Waals surface area (Å²) in [5.41, 5.74) is 9.92. The summed E-state index contributed by atoms with van der Waals surface area (Å²) >= 11 is 0. The summed E-state index contributed by atoms with van der Waals surface area (Å²) in [6.45, 7) is 3.93. The molecule has 0 saturated carbocycles. The Morgan fingerprint density at radius 1 is 0.966 bits per heavy atom. The predicted octanol–water partition coefficient (Wildman–Crippen LogP) is 2.89. The second kappa shape index (κ2) is 7.71. The highest BCUT2D eigenvalue weighted by Crippen LogP contribution is 2.22. The molecule has 0 aliphatic rings. The molecule has 0 aliphatic heterocycles. The maximum atomic E-state index is 12.2. The van der Waals surface area contributed by atoms with Gasteiger partial charge in [-0.3, -0.25) is 20.4 Å². The molecule has 2 N–H and O–H groups in total. The zero-order chi connectivity index (χ0) is 20.4. The van der Waals surface area contributed by atoms with Gasteiger partial charge in [0.05, 0.1) is 5.52 Å².